The van der Waals surface area contributed by atoms with Crippen molar-refractivity contribution in [2.45, 2.75) is 76.3 Å². The van der Waals surface area contributed by atoms with Gasteiger partial charge in [-0.2, -0.15) is 5.10 Å². The third-order valence-electron chi connectivity index (χ3n) is 6.54. The van der Waals surface area contributed by atoms with Crippen LogP contribution in [0.25, 0.3) is 0 Å². The van der Waals surface area contributed by atoms with Crippen molar-refractivity contribution in [3.05, 3.63) is 18.0 Å². The maximum absolute atomic E-state index is 12.6. The number of hydrogen-bond acceptors (Lipinski definition) is 5. The summed E-state index contributed by atoms with van der Waals surface area (Å²) < 4.78 is 13.2. The molecule has 0 spiro atoms. The summed E-state index contributed by atoms with van der Waals surface area (Å²) in [7, 11) is 1.57. The molecule has 3 aliphatic heterocycles. The number of rotatable bonds is 6. The molecule has 3 aliphatic rings. The number of aryl methyl sites for hydroxylation is 1. The Bertz CT molecular complexity index is 714. The molecule has 4 heterocycles. The van der Waals surface area contributed by atoms with E-state index in [0.29, 0.717) is 18.8 Å². The number of likely N-dealkylation sites (tertiary alicyclic amines) is 1. The molecule has 1 unspecified atom stereocenters. The summed E-state index contributed by atoms with van der Waals surface area (Å²) in [5.41, 5.74) is 0.524. The molecule has 4 rings (SSSR count). The molecule has 3 atom stereocenters. The molecule has 3 saturated heterocycles. The van der Waals surface area contributed by atoms with Gasteiger partial charge in [0.05, 0.1) is 12.2 Å². The molecule has 1 aromatic heterocycles. The number of hydrogen-bond donors (Lipinski definition) is 0. The zero-order valence-electron chi connectivity index (χ0n) is 17.5. The van der Waals surface area contributed by atoms with Gasteiger partial charge in [-0.05, 0) is 51.5 Å². The molecule has 2 bridgehead atoms. The van der Waals surface area contributed by atoms with E-state index in [1.165, 1.54) is 0 Å². The summed E-state index contributed by atoms with van der Waals surface area (Å²) in [6.45, 7) is 4.36. The van der Waals surface area contributed by atoms with Gasteiger partial charge in [0.1, 0.15) is 12.3 Å². The van der Waals surface area contributed by atoms with Crippen LogP contribution in [0.3, 0.4) is 0 Å². The van der Waals surface area contributed by atoms with Gasteiger partial charge in [0.2, 0.25) is 5.91 Å². The van der Waals surface area contributed by atoms with E-state index in [4.69, 9.17) is 9.47 Å². The fourth-order valence-corrected chi connectivity index (χ4v) is 5.12. The lowest BCUT2D eigenvalue weighted by Gasteiger charge is -2.41. The lowest BCUT2D eigenvalue weighted by atomic mass is 9.98. The number of amides is 2. The van der Waals surface area contributed by atoms with E-state index in [2.05, 4.69) is 5.10 Å². The predicted molar refractivity (Wildman–Crippen MR) is 106 cm³/mol. The summed E-state index contributed by atoms with van der Waals surface area (Å²) >= 11 is 0. The van der Waals surface area contributed by atoms with E-state index in [1.807, 2.05) is 22.9 Å². The minimum absolute atomic E-state index is 0.0126. The highest BCUT2D eigenvalue weighted by Crippen LogP contribution is 2.38. The molecule has 1 aromatic rings. The monoisotopic (exact) mass is 404 g/mol. The summed E-state index contributed by atoms with van der Waals surface area (Å²) in [6.07, 6.45) is 7.94. The van der Waals surface area contributed by atoms with Gasteiger partial charge in [-0.3, -0.25) is 14.3 Å². The lowest BCUT2D eigenvalue weighted by Crippen LogP contribution is -2.51. The average molecular weight is 405 g/mol. The molecule has 8 heteroatoms. The number of methoxy groups -OCH3 is 1. The number of aromatic nitrogens is 2. The number of ether oxygens (including phenoxy) is 2. The number of nitrogens with zero attached hydrogens (tertiary/aromatic N) is 4. The van der Waals surface area contributed by atoms with Crippen LogP contribution in [0.15, 0.2) is 12.3 Å². The van der Waals surface area contributed by atoms with Gasteiger partial charge in [-0.1, -0.05) is 0 Å². The smallest absolute Gasteiger partial charge is 0.274 e. The second-order valence-electron chi connectivity index (χ2n) is 8.40. The fraction of sp³-hybridized carbons (Fsp3) is 0.762. The molecule has 8 nitrogen and oxygen atoms in total. The van der Waals surface area contributed by atoms with Crippen LogP contribution in [-0.4, -0.2) is 82.5 Å². The number of carbonyl (C=O) groups is 2. The molecule has 0 radical (unpaired) electrons. The van der Waals surface area contributed by atoms with Crippen LogP contribution in [0.1, 0.15) is 55.9 Å². The third-order valence-corrected chi connectivity index (χ3v) is 6.54. The Kier molecular flexibility index (Phi) is 6.20. The van der Waals surface area contributed by atoms with Crippen molar-refractivity contribution in [1.29, 1.82) is 0 Å². The summed E-state index contributed by atoms with van der Waals surface area (Å²) in [5, 5.41) is 4.33. The average Bonchev–Trinajstić information content (AvgIpc) is 3.31. The summed E-state index contributed by atoms with van der Waals surface area (Å²) in [4.78, 5) is 28.9. The van der Waals surface area contributed by atoms with Crippen molar-refractivity contribution < 1.29 is 19.1 Å². The van der Waals surface area contributed by atoms with Crippen molar-refractivity contribution in [3.63, 3.8) is 0 Å². The van der Waals surface area contributed by atoms with E-state index < -0.39 is 0 Å². The maximum Gasteiger partial charge on any atom is 0.274 e. The van der Waals surface area contributed by atoms with Crippen molar-refractivity contribution in [1.82, 2.24) is 19.6 Å². The molecule has 29 heavy (non-hydrogen) atoms. The minimum atomic E-state index is 0.0126. The second-order valence-corrected chi connectivity index (χ2v) is 8.40. The maximum atomic E-state index is 12.6. The first-order chi connectivity index (χ1) is 14.1. The molecule has 0 N–H and O–H groups in total. The van der Waals surface area contributed by atoms with Crippen LogP contribution in [0, 0.1) is 0 Å². The largest absolute Gasteiger partial charge is 0.375 e. The fourth-order valence-electron chi connectivity index (χ4n) is 5.12. The number of fused-ring (bicyclic) bond motifs is 2. The van der Waals surface area contributed by atoms with E-state index >= 15 is 0 Å². The Hall–Kier alpha value is -1.93. The molecule has 2 amide bonds. The highest BCUT2D eigenvalue weighted by Gasteiger charge is 2.44. The molecule has 3 fully saturated rings. The van der Waals surface area contributed by atoms with Gasteiger partial charge in [0.15, 0.2) is 0 Å². The number of piperidine rings is 2. The Morgan fingerprint density at radius 2 is 1.79 bits per heavy atom. The first-order valence-corrected chi connectivity index (χ1v) is 10.9. The Balaban J connectivity index is 1.25. The van der Waals surface area contributed by atoms with Gasteiger partial charge >= 0.3 is 0 Å². The van der Waals surface area contributed by atoms with Crippen molar-refractivity contribution in [3.8, 4) is 0 Å². The zero-order valence-corrected chi connectivity index (χ0v) is 17.5. The van der Waals surface area contributed by atoms with Crippen LogP contribution in [0.2, 0.25) is 0 Å². The number of carbonyl (C=O) groups excluding carboxylic acids is 2. The topological polar surface area (TPSA) is 76.9 Å². The highest BCUT2D eigenvalue weighted by molar-refractivity contribution is 5.92. The molecular formula is C21H32N4O4. The van der Waals surface area contributed by atoms with E-state index in [-0.39, 0.29) is 42.7 Å². The van der Waals surface area contributed by atoms with Crippen molar-refractivity contribution in [2.75, 3.05) is 26.8 Å². The molecule has 160 valence electrons. The quantitative estimate of drug-likeness (QED) is 0.721. The van der Waals surface area contributed by atoms with Crippen LogP contribution < -0.4 is 0 Å². The van der Waals surface area contributed by atoms with E-state index in [9.17, 15) is 9.59 Å². The standard InChI is InChI=1S/C21H32N4O4/c1-3-24-11-8-19(22-24)21(27)23-9-6-17(7-10-23)29-18-12-15-4-5-16(13-18)25(15)20(26)14-28-2/h8,11,15-18H,3-7,9-10,12-14H2,1-2H3/t15-,16+,18?. The van der Waals surface area contributed by atoms with Gasteiger partial charge in [-0.15, -0.1) is 0 Å². The van der Waals surface area contributed by atoms with Crippen LogP contribution in [0.5, 0.6) is 0 Å². The molecule has 0 saturated carbocycles. The highest BCUT2D eigenvalue weighted by atomic mass is 16.5. The van der Waals surface area contributed by atoms with Crippen LogP contribution in [-0.2, 0) is 20.8 Å². The van der Waals surface area contributed by atoms with E-state index in [0.717, 1.165) is 45.1 Å². The Morgan fingerprint density at radius 1 is 1.10 bits per heavy atom. The first-order valence-electron chi connectivity index (χ1n) is 10.9. The Morgan fingerprint density at radius 3 is 2.38 bits per heavy atom. The second kappa shape index (κ2) is 8.83. The van der Waals surface area contributed by atoms with Gasteiger partial charge in [0, 0.05) is 45.0 Å². The predicted octanol–water partition coefficient (Wildman–Crippen LogP) is 1.69. The lowest BCUT2D eigenvalue weighted by molar-refractivity contribution is -0.144. The zero-order chi connectivity index (χ0) is 20.4. The van der Waals surface area contributed by atoms with Crippen LogP contribution >= 0.6 is 0 Å². The van der Waals surface area contributed by atoms with Crippen LogP contribution in [0.4, 0.5) is 0 Å². The van der Waals surface area contributed by atoms with Crippen molar-refractivity contribution >= 4 is 11.8 Å². The van der Waals surface area contributed by atoms with Gasteiger partial charge < -0.3 is 19.3 Å². The molecular weight excluding hydrogens is 372 g/mol. The summed E-state index contributed by atoms with van der Waals surface area (Å²) in [5.74, 6) is 0.120. The first kappa shape index (κ1) is 20.3. The SMILES string of the molecule is CCn1ccc(C(=O)N2CCC(OC3C[C@H]4CC[C@@H](C3)N4C(=O)COC)CC2)n1. The Labute approximate surface area is 172 Å². The van der Waals surface area contributed by atoms with Gasteiger partial charge in [0.25, 0.3) is 5.91 Å². The molecule has 0 aliphatic carbocycles. The normalized spacial score (nSPS) is 27.4. The minimum Gasteiger partial charge on any atom is -0.375 e. The van der Waals surface area contributed by atoms with Gasteiger partial charge in [-0.25, -0.2) is 0 Å². The molecule has 0 aromatic carbocycles. The van der Waals surface area contributed by atoms with Crippen molar-refractivity contribution in [2.24, 2.45) is 0 Å². The third kappa shape index (κ3) is 4.33. The summed E-state index contributed by atoms with van der Waals surface area (Å²) in [6, 6.07) is 2.37. The van der Waals surface area contributed by atoms with E-state index in [1.54, 1.807) is 17.9 Å².